The zero-order valence-electron chi connectivity index (χ0n) is 10.7. The molecule has 1 aromatic rings. The summed E-state index contributed by atoms with van der Waals surface area (Å²) >= 11 is 0. The van der Waals surface area contributed by atoms with Gasteiger partial charge in [-0.1, -0.05) is 12.1 Å². The predicted octanol–water partition coefficient (Wildman–Crippen LogP) is 1.34. The van der Waals surface area contributed by atoms with Crippen LogP contribution in [0.25, 0.3) is 0 Å². The minimum Gasteiger partial charge on any atom is -0.378 e. The number of nitrogens with zero attached hydrogens (tertiary/aromatic N) is 1. The average Bonchev–Trinajstić information content (AvgIpc) is 2.41. The molecule has 96 valence electrons. The number of hydrogen-bond donors (Lipinski definition) is 0. The largest absolute Gasteiger partial charge is 0.378 e. The summed E-state index contributed by atoms with van der Waals surface area (Å²) in [4.78, 5) is 25.6. The molecule has 0 spiro atoms. The Bertz CT molecular complexity index is 476. The van der Waals surface area contributed by atoms with Gasteiger partial charge in [0.1, 0.15) is 0 Å². The fourth-order valence-electron chi connectivity index (χ4n) is 1.92. The van der Waals surface area contributed by atoms with Crippen molar-refractivity contribution < 1.29 is 14.3 Å². The molecule has 1 saturated heterocycles. The van der Waals surface area contributed by atoms with Gasteiger partial charge in [-0.25, -0.2) is 0 Å². The SMILES string of the molecule is Cc1ccc(C(=O)C(=O)N2CCOCC2)cc1C. The lowest BCUT2D eigenvalue weighted by molar-refractivity contribution is -0.130. The molecule has 2 rings (SSSR count). The Morgan fingerprint density at radius 2 is 1.78 bits per heavy atom. The normalized spacial score (nSPS) is 15.6. The van der Waals surface area contributed by atoms with E-state index in [1.165, 1.54) is 0 Å². The molecule has 1 aromatic carbocycles. The van der Waals surface area contributed by atoms with Crippen LogP contribution in [-0.4, -0.2) is 42.9 Å². The Morgan fingerprint density at radius 1 is 1.11 bits per heavy atom. The van der Waals surface area contributed by atoms with E-state index in [0.29, 0.717) is 31.9 Å². The number of carbonyl (C=O) groups excluding carboxylic acids is 2. The standard InChI is InChI=1S/C14H17NO3/c1-10-3-4-12(9-11(10)2)13(16)14(17)15-5-7-18-8-6-15/h3-4,9H,5-8H2,1-2H3. The molecule has 18 heavy (non-hydrogen) atoms. The maximum absolute atomic E-state index is 12.1. The summed E-state index contributed by atoms with van der Waals surface area (Å²) in [5.74, 6) is -0.860. The molecule has 1 heterocycles. The van der Waals surface area contributed by atoms with Crippen LogP contribution in [0.5, 0.6) is 0 Å². The molecule has 1 fully saturated rings. The topological polar surface area (TPSA) is 46.6 Å². The first-order valence-corrected chi connectivity index (χ1v) is 6.08. The Kier molecular flexibility index (Phi) is 3.77. The number of carbonyl (C=O) groups is 2. The zero-order valence-corrected chi connectivity index (χ0v) is 10.7. The van der Waals surface area contributed by atoms with Gasteiger partial charge in [0.05, 0.1) is 13.2 Å². The monoisotopic (exact) mass is 247 g/mol. The number of amides is 1. The van der Waals surface area contributed by atoms with Gasteiger partial charge in [0.15, 0.2) is 0 Å². The van der Waals surface area contributed by atoms with E-state index in [2.05, 4.69) is 0 Å². The second-order valence-corrected chi connectivity index (χ2v) is 4.53. The number of hydrogen-bond acceptors (Lipinski definition) is 3. The van der Waals surface area contributed by atoms with E-state index in [4.69, 9.17) is 4.74 Å². The summed E-state index contributed by atoms with van der Waals surface area (Å²) in [5, 5.41) is 0. The van der Waals surface area contributed by atoms with E-state index in [1.54, 1.807) is 17.0 Å². The van der Waals surface area contributed by atoms with Gasteiger partial charge < -0.3 is 9.64 Å². The molecule has 0 aromatic heterocycles. The minimum absolute atomic E-state index is 0.429. The summed E-state index contributed by atoms with van der Waals surface area (Å²) in [7, 11) is 0. The van der Waals surface area contributed by atoms with Gasteiger partial charge in [0, 0.05) is 18.7 Å². The van der Waals surface area contributed by atoms with Gasteiger partial charge in [-0.05, 0) is 31.0 Å². The molecular weight excluding hydrogens is 230 g/mol. The molecule has 0 radical (unpaired) electrons. The van der Waals surface area contributed by atoms with Crippen LogP contribution in [0.4, 0.5) is 0 Å². The Morgan fingerprint density at radius 3 is 2.39 bits per heavy atom. The van der Waals surface area contributed by atoms with Crippen molar-refractivity contribution in [2.24, 2.45) is 0 Å². The molecule has 1 aliphatic rings. The molecular formula is C14H17NO3. The van der Waals surface area contributed by atoms with E-state index in [9.17, 15) is 9.59 Å². The van der Waals surface area contributed by atoms with Gasteiger partial charge in [-0.15, -0.1) is 0 Å². The fraction of sp³-hybridized carbons (Fsp3) is 0.429. The molecule has 0 saturated carbocycles. The van der Waals surface area contributed by atoms with Crippen molar-refractivity contribution in [2.45, 2.75) is 13.8 Å². The van der Waals surface area contributed by atoms with E-state index in [0.717, 1.165) is 11.1 Å². The smallest absolute Gasteiger partial charge is 0.295 e. The van der Waals surface area contributed by atoms with Crippen molar-refractivity contribution in [2.75, 3.05) is 26.3 Å². The van der Waals surface area contributed by atoms with Gasteiger partial charge in [0.2, 0.25) is 5.78 Å². The third kappa shape index (κ3) is 2.59. The molecule has 4 nitrogen and oxygen atoms in total. The van der Waals surface area contributed by atoms with Crippen molar-refractivity contribution in [3.8, 4) is 0 Å². The van der Waals surface area contributed by atoms with Crippen LogP contribution in [0.2, 0.25) is 0 Å². The van der Waals surface area contributed by atoms with Gasteiger partial charge >= 0.3 is 0 Å². The highest BCUT2D eigenvalue weighted by Gasteiger charge is 2.24. The number of aryl methyl sites for hydroxylation is 2. The summed E-state index contributed by atoms with van der Waals surface area (Å²) in [6.45, 7) is 5.92. The summed E-state index contributed by atoms with van der Waals surface area (Å²) in [5.41, 5.74) is 2.61. The molecule has 1 aliphatic heterocycles. The van der Waals surface area contributed by atoms with Crippen molar-refractivity contribution >= 4 is 11.7 Å². The van der Waals surface area contributed by atoms with Gasteiger partial charge in [-0.3, -0.25) is 9.59 Å². The molecule has 1 amide bonds. The quantitative estimate of drug-likeness (QED) is 0.585. The summed E-state index contributed by atoms with van der Waals surface area (Å²) < 4.78 is 5.16. The highest BCUT2D eigenvalue weighted by Crippen LogP contribution is 2.12. The number of morpholine rings is 1. The number of ketones is 1. The van der Waals surface area contributed by atoms with Crippen LogP contribution in [-0.2, 0) is 9.53 Å². The maximum atomic E-state index is 12.1. The van der Waals surface area contributed by atoms with Crippen LogP contribution in [0.15, 0.2) is 18.2 Å². The first-order chi connectivity index (χ1) is 8.59. The van der Waals surface area contributed by atoms with Crippen molar-refractivity contribution in [3.05, 3.63) is 34.9 Å². The van der Waals surface area contributed by atoms with Crippen LogP contribution in [0.3, 0.4) is 0 Å². The lowest BCUT2D eigenvalue weighted by Crippen LogP contribution is -2.44. The second kappa shape index (κ2) is 5.31. The van der Waals surface area contributed by atoms with Crippen molar-refractivity contribution in [3.63, 3.8) is 0 Å². The Hall–Kier alpha value is -1.68. The van der Waals surface area contributed by atoms with Crippen LogP contribution in [0.1, 0.15) is 21.5 Å². The first kappa shape index (κ1) is 12.8. The number of benzene rings is 1. The summed E-state index contributed by atoms with van der Waals surface area (Å²) in [6.07, 6.45) is 0. The third-order valence-electron chi connectivity index (χ3n) is 3.26. The van der Waals surface area contributed by atoms with Crippen molar-refractivity contribution in [1.29, 1.82) is 0 Å². The molecule has 0 bridgehead atoms. The molecule has 0 aliphatic carbocycles. The molecule has 0 unspecified atom stereocenters. The van der Waals surface area contributed by atoms with Crippen LogP contribution >= 0.6 is 0 Å². The summed E-state index contributed by atoms with van der Waals surface area (Å²) in [6, 6.07) is 5.36. The van der Waals surface area contributed by atoms with Gasteiger partial charge in [-0.2, -0.15) is 0 Å². The lowest BCUT2D eigenvalue weighted by Gasteiger charge is -2.26. The van der Waals surface area contributed by atoms with Gasteiger partial charge in [0.25, 0.3) is 5.91 Å². The highest BCUT2D eigenvalue weighted by molar-refractivity contribution is 6.42. The number of rotatable bonds is 2. The zero-order chi connectivity index (χ0) is 13.1. The molecule has 0 N–H and O–H groups in total. The third-order valence-corrected chi connectivity index (χ3v) is 3.26. The van der Waals surface area contributed by atoms with Crippen LogP contribution in [0, 0.1) is 13.8 Å². The lowest BCUT2D eigenvalue weighted by atomic mass is 10.0. The highest BCUT2D eigenvalue weighted by atomic mass is 16.5. The number of ether oxygens (including phenoxy) is 1. The van der Waals surface area contributed by atoms with E-state index >= 15 is 0 Å². The molecule has 4 heteroatoms. The van der Waals surface area contributed by atoms with E-state index in [1.807, 2.05) is 19.9 Å². The maximum Gasteiger partial charge on any atom is 0.295 e. The van der Waals surface area contributed by atoms with Crippen molar-refractivity contribution in [1.82, 2.24) is 4.90 Å². The second-order valence-electron chi connectivity index (χ2n) is 4.53. The Balaban J connectivity index is 2.14. The predicted molar refractivity (Wildman–Crippen MR) is 67.6 cm³/mol. The Labute approximate surface area is 107 Å². The van der Waals surface area contributed by atoms with E-state index < -0.39 is 11.7 Å². The van der Waals surface area contributed by atoms with Crippen LogP contribution < -0.4 is 0 Å². The number of Topliss-reactive ketones (excluding diaryl/α,β-unsaturated/α-hetero) is 1. The van der Waals surface area contributed by atoms with E-state index in [-0.39, 0.29) is 0 Å². The first-order valence-electron chi connectivity index (χ1n) is 6.08. The fourth-order valence-corrected chi connectivity index (χ4v) is 1.92. The average molecular weight is 247 g/mol. The molecule has 0 atom stereocenters. The minimum atomic E-state index is -0.431.